The predicted molar refractivity (Wildman–Crippen MR) is 312 cm³/mol. The molecule has 85 heavy (non-hydrogen) atoms. The van der Waals surface area contributed by atoms with Crippen molar-refractivity contribution in [2.45, 2.75) is 85.6 Å². The number of para-hydroxylation sites is 2. The van der Waals surface area contributed by atoms with Gasteiger partial charge in [-0.25, -0.2) is 24.2 Å². The largest absolute Gasteiger partial charge is 0.459 e. The molecule has 16 nitrogen and oxygen atoms in total. The lowest BCUT2D eigenvalue weighted by molar-refractivity contribution is -0.313. The molecule has 11 rings (SSSR count). The third-order valence-corrected chi connectivity index (χ3v) is 15.1. The lowest BCUT2D eigenvalue weighted by atomic mass is 9.97. The average Bonchev–Trinajstić information content (AvgIpc) is 3.35. The Kier molecular flexibility index (Phi) is 19.6. The van der Waals surface area contributed by atoms with E-state index in [-0.39, 0.29) is 48.7 Å². The van der Waals surface area contributed by atoms with Gasteiger partial charge in [0.25, 0.3) is 5.22 Å². The maximum absolute atomic E-state index is 14.5. The first kappa shape index (κ1) is 58.0. The molecule has 8 aromatic carbocycles. The van der Waals surface area contributed by atoms with Gasteiger partial charge in [0.15, 0.2) is 30.2 Å². The number of carbonyl (C=O) groups is 4. The Morgan fingerprint density at radius 1 is 0.376 bits per heavy atom. The molecule has 2 aliphatic rings. The summed E-state index contributed by atoms with van der Waals surface area (Å²) in [6.07, 6.45) is -11.9. The van der Waals surface area contributed by atoms with Crippen LogP contribution in [0.1, 0.15) is 58.1 Å². The minimum Gasteiger partial charge on any atom is -0.459 e. The molecule has 0 N–H and O–H groups in total. The molecule has 17 heteroatoms. The number of thioether (sulfide) groups is 1. The lowest BCUT2D eigenvalue weighted by Crippen LogP contribution is -2.64. The summed E-state index contributed by atoms with van der Waals surface area (Å²) in [5, 5.41) is 0.292. The van der Waals surface area contributed by atoms with Gasteiger partial charge in [0.05, 0.1) is 48.7 Å². The minimum atomic E-state index is -1.70. The fourth-order valence-corrected chi connectivity index (χ4v) is 10.9. The van der Waals surface area contributed by atoms with Crippen molar-refractivity contribution in [2.24, 2.45) is 0 Å². The maximum Gasteiger partial charge on any atom is 0.338 e. The van der Waals surface area contributed by atoms with Gasteiger partial charge in [-0.15, -0.1) is 0 Å². The zero-order chi connectivity index (χ0) is 58.2. The van der Waals surface area contributed by atoms with E-state index in [4.69, 9.17) is 56.8 Å². The highest BCUT2D eigenvalue weighted by atomic mass is 32.2. The van der Waals surface area contributed by atoms with E-state index in [2.05, 4.69) is 0 Å². The van der Waals surface area contributed by atoms with Gasteiger partial charge < -0.3 is 51.8 Å². The van der Waals surface area contributed by atoms with Gasteiger partial charge in [0.2, 0.25) is 0 Å². The number of hydrogen-bond donors (Lipinski definition) is 0. The van der Waals surface area contributed by atoms with Gasteiger partial charge in [-0.1, -0.05) is 176 Å². The van der Waals surface area contributed by atoms with Crippen LogP contribution in [-0.2, 0) is 67.2 Å². The van der Waals surface area contributed by atoms with Gasteiger partial charge in [-0.2, -0.15) is 0 Å². The van der Waals surface area contributed by atoms with Crippen molar-refractivity contribution in [2.75, 3.05) is 13.2 Å². The molecule has 432 valence electrons. The van der Waals surface area contributed by atoms with Crippen LogP contribution in [0, 0.1) is 0 Å². The summed E-state index contributed by atoms with van der Waals surface area (Å²) in [5.41, 5.74) is 3.53. The molecule has 0 spiro atoms. The number of rotatable bonds is 23. The van der Waals surface area contributed by atoms with Crippen LogP contribution in [0.3, 0.4) is 0 Å². The highest BCUT2D eigenvalue weighted by Crippen LogP contribution is 2.40. The van der Waals surface area contributed by atoms with Crippen LogP contribution in [0.5, 0.6) is 0 Å². The smallest absolute Gasteiger partial charge is 0.338 e. The number of oxazole rings is 1. The second-order valence-electron chi connectivity index (χ2n) is 19.9. The zero-order valence-corrected chi connectivity index (χ0v) is 46.6. The van der Waals surface area contributed by atoms with Crippen molar-refractivity contribution >= 4 is 46.7 Å². The van der Waals surface area contributed by atoms with E-state index in [1.165, 1.54) is 11.8 Å². The van der Waals surface area contributed by atoms with E-state index in [0.29, 0.717) is 16.3 Å². The summed E-state index contributed by atoms with van der Waals surface area (Å²) in [6.45, 7) is -0.546. The molecule has 1 aromatic heterocycles. The molecule has 2 saturated heterocycles. The van der Waals surface area contributed by atoms with Crippen LogP contribution in [-0.4, -0.2) is 103 Å². The summed E-state index contributed by atoms with van der Waals surface area (Å²) in [4.78, 5) is 61.9. The first-order valence-electron chi connectivity index (χ1n) is 27.7. The average molecular weight is 1160 g/mol. The summed E-state index contributed by atoms with van der Waals surface area (Å²) >= 11 is 1.19. The fraction of sp³-hybridized carbons (Fsp3) is 0.221. The van der Waals surface area contributed by atoms with Gasteiger partial charge in [-0.05, 0) is 89.1 Å². The van der Waals surface area contributed by atoms with Crippen LogP contribution in [0.4, 0.5) is 0 Å². The normalized spacial score (nSPS) is 22.0. The van der Waals surface area contributed by atoms with Gasteiger partial charge >= 0.3 is 23.9 Å². The molecule has 2 fully saturated rings. The second-order valence-corrected chi connectivity index (χ2v) is 21.0. The molecule has 3 heterocycles. The topological polar surface area (TPSA) is 187 Å². The maximum atomic E-state index is 14.5. The number of esters is 4. The number of hydrogen-bond acceptors (Lipinski definition) is 17. The molecular formula is C68H59NO15S. The molecule has 2 aliphatic heterocycles. The summed E-state index contributed by atoms with van der Waals surface area (Å²) in [6, 6.07) is 69.2. The fourth-order valence-electron chi connectivity index (χ4n) is 9.83. The molecule has 0 aliphatic carbocycles. The van der Waals surface area contributed by atoms with E-state index < -0.39 is 91.0 Å². The number of nitrogens with zero attached hydrogens (tertiary/aromatic N) is 1. The SMILES string of the molecule is O=C(OC[C@H]1O[C@@H](OC[C@H]2O[C@@H](Sc3nc4ccccc4o3)[C@H](OCc3ccccc3)[C@@H](OCc3ccccc3)[C@@H]2OCc2ccccc2)[C@H](OC(=O)c2ccccc2)[C@@H](OC(=O)c2ccccc2)[C@@H]1OC(=O)c1ccccc1)c1ccccc1. The zero-order valence-electron chi connectivity index (χ0n) is 45.8. The van der Waals surface area contributed by atoms with Crippen LogP contribution >= 0.6 is 11.8 Å². The highest BCUT2D eigenvalue weighted by molar-refractivity contribution is 7.99. The number of benzene rings is 8. The molecule has 0 bridgehead atoms. The Hall–Kier alpha value is -8.78. The first-order valence-corrected chi connectivity index (χ1v) is 28.6. The van der Waals surface area contributed by atoms with Gasteiger partial charge in [0, 0.05) is 0 Å². The van der Waals surface area contributed by atoms with E-state index in [9.17, 15) is 19.2 Å². The summed E-state index contributed by atoms with van der Waals surface area (Å²) in [5.74, 6) is -3.29. The Bertz CT molecular complexity index is 3540. The third-order valence-electron chi connectivity index (χ3n) is 14.1. The van der Waals surface area contributed by atoms with Crippen LogP contribution in [0.2, 0.25) is 0 Å². The Balaban J connectivity index is 1.000. The molecule has 0 radical (unpaired) electrons. The van der Waals surface area contributed by atoms with Gasteiger partial charge in [-0.3, -0.25) is 0 Å². The molecule has 0 amide bonds. The monoisotopic (exact) mass is 1160 g/mol. The van der Waals surface area contributed by atoms with Crippen LogP contribution < -0.4 is 0 Å². The van der Waals surface area contributed by atoms with E-state index >= 15 is 0 Å². The van der Waals surface area contributed by atoms with Crippen molar-refractivity contribution < 1.29 is 71.0 Å². The van der Waals surface area contributed by atoms with E-state index in [1.54, 1.807) is 121 Å². The summed E-state index contributed by atoms with van der Waals surface area (Å²) in [7, 11) is 0. The van der Waals surface area contributed by atoms with Crippen LogP contribution in [0.15, 0.2) is 246 Å². The van der Waals surface area contributed by atoms with E-state index in [0.717, 1.165) is 16.7 Å². The van der Waals surface area contributed by atoms with E-state index in [1.807, 2.05) is 115 Å². The Morgan fingerprint density at radius 3 is 1.27 bits per heavy atom. The van der Waals surface area contributed by atoms with Crippen molar-refractivity contribution in [3.05, 3.63) is 276 Å². The quantitative estimate of drug-likeness (QED) is 0.0434. The van der Waals surface area contributed by atoms with Crippen LogP contribution in [0.25, 0.3) is 11.1 Å². The highest BCUT2D eigenvalue weighted by Gasteiger charge is 2.55. The van der Waals surface area contributed by atoms with Gasteiger partial charge in [0.1, 0.15) is 48.1 Å². The molecule has 0 saturated carbocycles. The minimum absolute atomic E-state index is 0.100. The lowest BCUT2D eigenvalue weighted by Gasteiger charge is -2.47. The van der Waals surface area contributed by atoms with Crippen molar-refractivity contribution in [1.82, 2.24) is 4.98 Å². The molecule has 9 aromatic rings. The molecular weight excluding hydrogens is 1100 g/mol. The predicted octanol–water partition coefficient (Wildman–Crippen LogP) is 11.7. The van der Waals surface area contributed by atoms with Crippen molar-refractivity contribution in [3.8, 4) is 0 Å². The number of aromatic nitrogens is 1. The molecule has 0 unspecified atom stereocenters. The second kappa shape index (κ2) is 28.7. The Morgan fingerprint density at radius 2 is 0.776 bits per heavy atom. The third kappa shape index (κ3) is 15.1. The summed E-state index contributed by atoms with van der Waals surface area (Å²) < 4.78 is 73.2. The molecule has 10 atom stereocenters. The number of fused-ring (bicyclic) bond motifs is 1. The Labute approximate surface area is 494 Å². The van der Waals surface area contributed by atoms with Crippen molar-refractivity contribution in [3.63, 3.8) is 0 Å². The number of ether oxygens (including phenoxy) is 10. The standard InChI is InChI=1S/C68H59NO15S/c70-62(48-30-14-4-15-31-48)77-43-55-57(82-63(71)49-32-16-5-17-33-49)59(83-64(72)50-34-18-6-19-35-50)60(84-65(73)51-36-20-7-21-37-51)66(79-55)78-44-54-56(74-40-45-24-8-1-9-25-45)58(75-41-46-26-10-2-11-27-46)61(76-42-47-28-12-3-13-29-47)67(80-54)85-68-69-52-38-22-23-39-53(52)81-68/h1-39,54-61,66-67H,40-44H2/t54-,55-,56-,57-,58+,59+,60-,61-,66-,67+/m1/s1. The number of carbonyl (C=O) groups excluding carboxylic acids is 4. The first-order chi connectivity index (χ1) is 41.8. The van der Waals surface area contributed by atoms with Crippen molar-refractivity contribution in [1.29, 1.82) is 0 Å².